The number of hydrogen-bond acceptors (Lipinski definition) is 5. The van der Waals surface area contributed by atoms with Crippen molar-refractivity contribution in [3.05, 3.63) is 29.6 Å². The van der Waals surface area contributed by atoms with Crippen LogP contribution >= 0.6 is 0 Å². The Bertz CT molecular complexity index is 618. The fourth-order valence-corrected chi connectivity index (χ4v) is 4.10. The zero-order valence-corrected chi connectivity index (χ0v) is 16.3. The molecule has 1 aromatic carbocycles. The van der Waals surface area contributed by atoms with Gasteiger partial charge in [-0.15, -0.1) is 0 Å². The van der Waals surface area contributed by atoms with Gasteiger partial charge in [0.1, 0.15) is 23.8 Å². The Morgan fingerprint density at radius 2 is 1.89 bits per heavy atom. The van der Waals surface area contributed by atoms with Crippen LogP contribution in [0.1, 0.15) is 44.1 Å². The van der Waals surface area contributed by atoms with E-state index in [1.165, 1.54) is 18.9 Å². The summed E-state index contributed by atoms with van der Waals surface area (Å²) in [5, 5.41) is 22.0. The monoisotopic (exact) mass is 381 g/mol. The molecule has 5 nitrogen and oxygen atoms in total. The van der Waals surface area contributed by atoms with E-state index in [9.17, 15) is 14.6 Å². The number of hydrogen-bond donors (Lipinski definition) is 2. The Kier molecular flexibility index (Phi) is 6.74. The smallest absolute Gasteiger partial charge is 0.134 e. The summed E-state index contributed by atoms with van der Waals surface area (Å²) < 4.78 is 24.7. The number of aliphatic hydroxyl groups is 2. The van der Waals surface area contributed by atoms with Crippen molar-refractivity contribution in [2.24, 2.45) is 0 Å². The first-order chi connectivity index (χ1) is 12.9. The van der Waals surface area contributed by atoms with Crippen LogP contribution in [0.5, 0.6) is 5.75 Å². The highest BCUT2D eigenvalue weighted by Gasteiger charge is 2.37. The van der Waals surface area contributed by atoms with Crippen LogP contribution in [0.25, 0.3) is 0 Å². The van der Waals surface area contributed by atoms with Crippen LogP contribution in [-0.4, -0.2) is 65.8 Å². The fraction of sp³-hybridized carbons (Fsp3) is 0.714. The maximum atomic E-state index is 13.4. The summed E-state index contributed by atoms with van der Waals surface area (Å²) in [5.74, 6) is 0.252. The lowest BCUT2D eigenvalue weighted by molar-refractivity contribution is -0.0733. The number of nitrogens with zero attached hydrogens (tertiary/aromatic N) is 1. The summed E-state index contributed by atoms with van der Waals surface area (Å²) >= 11 is 0. The molecule has 0 amide bonds. The normalized spacial score (nSPS) is 27.0. The van der Waals surface area contributed by atoms with Crippen molar-refractivity contribution >= 4 is 0 Å². The molecule has 6 heteroatoms. The second-order valence-corrected chi connectivity index (χ2v) is 8.33. The number of benzene rings is 1. The third kappa shape index (κ3) is 5.88. The molecule has 27 heavy (non-hydrogen) atoms. The largest absolute Gasteiger partial charge is 0.490 e. The summed E-state index contributed by atoms with van der Waals surface area (Å²) in [5.41, 5.74) is -1.34. The van der Waals surface area contributed by atoms with Crippen molar-refractivity contribution in [2.75, 3.05) is 39.5 Å². The molecule has 0 radical (unpaired) electrons. The van der Waals surface area contributed by atoms with Gasteiger partial charge in [0.2, 0.25) is 0 Å². The molecule has 1 saturated heterocycles. The molecule has 1 aromatic rings. The number of aryl methyl sites for hydroxylation is 1. The first-order valence-electron chi connectivity index (χ1n) is 10.0. The highest BCUT2D eigenvalue weighted by atomic mass is 19.1. The predicted octanol–water partition coefficient (Wildman–Crippen LogP) is 2.66. The minimum absolute atomic E-state index is 0.0625. The van der Waals surface area contributed by atoms with E-state index in [0.29, 0.717) is 37.6 Å². The molecule has 1 atom stereocenters. The summed E-state index contributed by atoms with van der Waals surface area (Å²) in [6.45, 7) is 4.06. The fourth-order valence-electron chi connectivity index (χ4n) is 4.10. The van der Waals surface area contributed by atoms with Gasteiger partial charge in [-0.2, -0.15) is 0 Å². The molecule has 0 aromatic heterocycles. The van der Waals surface area contributed by atoms with Crippen molar-refractivity contribution in [3.8, 4) is 5.75 Å². The van der Waals surface area contributed by atoms with Gasteiger partial charge >= 0.3 is 0 Å². The second-order valence-electron chi connectivity index (χ2n) is 8.33. The summed E-state index contributed by atoms with van der Waals surface area (Å²) in [4.78, 5) is 2.09. The van der Waals surface area contributed by atoms with Crippen molar-refractivity contribution < 1.29 is 24.1 Å². The third-order valence-electron chi connectivity index (χ3n) is 5.63. The van der Waals surface area contributed by atoms with Crippen LogP contribution in [0.3, 0.4) is 0 Å². The Labute approximate surface area is 161 Å². The Balaban J connectivity index is 1.61. The Hall–Kier alpha value is -1.21. The molecule has 0 bridgehead atoms. The van der Waals surface area contributed by atoms with Crippen LogP contribution in [0.4, 0.5) is 4.39 Å². The molecule has 1 unspecified atom stereocenters. The molecule has 0 spiro atoms. The zero-order chi connectivity index (χ0) is 19.3. The molecule has 1 heterocycles. The van der Waals surface area contributed by atoms with Crippen molar-refractivity contribution in [1.82, 2.24) is 4.90 Å². The standard InChI is InChI=1S/C21H32FNO4/c1-17-12-18(6-7-19(17)22)27-16-21(25)14-23(10-11-26-15-21)13-20(24)8-4-2-3-5-9-20/h6-7,12,24-25H,2-5,8-11,13-16H2,1H3. The van der Waals surface area contributed by atoms with Gasteiger partial charge in [-0.3, -0.25) is 4.90 Å². The van der Waals surface area contributed by atoms with Crippen molar-refractivity contribution in [1.29, 1.82) is 0 Å². The summed E-state index contributed by atoms with van der Waals surface area (Å²) in [7, 11) is 0. The van der Waals surface area contributed by atoms with Gasteiger partial charge in [0.15, 0.2) is 0 Å². The lowest BCUT2D eigenvalue weighted by atomic mass is 9.93. The van der Waals surface area contributed by atoms with Gasteiger partial charge in [-0.1, -0.05) is 25.7 Å². The molecular weight excluding hydrogens is 349 g/mol. The summed E-state index contributed by atoms with van der Waals surface area (Å²) in [6, 6.07) is 4.56. The molecule has 1 aliphatic carbocycles. The molecule has 1 saturated carbocycles. The van der Waals surface area contributed by atoms with E-state index in [0.717, 1.165) is 25.7 Å². The van der Waals surface area contributed by atoms with Crippen LogP contribution < -0.4 is 4.74 Å². The molecule has 3 rings (SSSR count). The van der Waals surface area contributed by atoms with Crippen molar-refractivity contribution in [2.45, 2.75) is 56.7 Å². The van der Waals surface area contributed by atoms with Crippen LogP contribution in [0.2, 0.25) is 0 Å². The molecule has 2 aliphatic rings. The Morgan fingerprint density at radius 3 is 2.59 bits per heavy atom. The highest BCUT2D eigenvalue weighted by Crippen LogP contribution is 2.29. The van der Waals surface area contributed by atoms with Gasteiger partial charge in [0.05, 0.1) is 18.8 Å². The zero-order valence-electron chi connectivity index (χ0n) is 16.3. The lowest BCUT2D eigenvalue weighted by Gasteiger charge is -2.36. The van der Waals surface area contributed by atoms with Gasteiger partial charge in [-0.25, -0.2) is 4.39 Å². The number of rotatable bonds is 5. The van der Waals surface area contributed by atoms with E-state index >= 15 is 0 Å². The van der Waals surface area contributed by atoms with Gasteiger partial charge in [0, 0.05) is 19.6 Å². The van der Waals surface area contributed by atoms with Crippen LogP contribution in [0, 0.1) is 12.7 Å². The second kappa shape index (κ2) is 8.86. The van der Waals surface area contributed by atoms with Crippen molar-refractivity contribution in [3.63, 3.8) is 0 Å². The molecule has 2 fully saturated rings. The maximum absolute atomic E-state index is 13.4. The van der Waals surface area contributed by atoms with E-state index in [4.69, 9.17) is 9.47 Å². The maximum Gasteiger partial charge on any atom is 0.134 e. The van der Waals surface area contributed by atoms with Gasteiger partial charge < -0.3 is 19.7 Å². The highest BCUT2D eigenvalue weighted by molar-refractivity contribution is 5.28. The number of ether oxygens (including phenoxy) is 2. The summed E-state index contributed by atoms with van der Waals surface area (Å²) in [6.07, 6.45) is 6.10. The molecular formula is C21H32FNO4. The van der Waals surface area contributed by atoms with Crippen LogP contribution in [0.15, 0.2) is 18.2 Å². The first kappa shape index (κ1) is 20.5. The SMILES string of the molecule is Cc1cc(OCC2(O)COCCN(CC3(O)CCCCCC3)C2)ccc1F. The number of halogens is 1. The molecule has 152 valence electrons. The third-order valence-corrected chi connectivity index (χ3v) is 5.63. The van der Waals surface area contributed by atoms with E-state index < -0.39 is 11.2 Å². The minimum Gasteiger partial charge on any atom is -0.490 e. The van der Waals surface area contributed by atoms with E-state index in [-0.39, 0.29) is 19.0 Å². The molecule has 1 aliphatic heterocycles. The first-order valence-corrected chi connectivity index (χ1v) is 10.0. The van der Waals surface area contributed by atoms with E-state index in [1.807, 2.05) is 0 Å². The van der Waals surface area contributed by atoms with Gasteiger partial charge in [0.25, 0.3) is 0 Å². The average molecular weight is 381 g/mol. The van der Waals surface area contributed by atoms with E-state index in [1.54, 1.807) is 19.1 Å². The number of β-amino-alcohol motifs (C(OH)–C–C–N with tert-alkyl or cyclic N) is 2. The minimum atomic E-state index is -1.17. The predicted molar refractivity (Wildman–Crippen MR) is 101 cm³/mol. The van der Waals surface area contributed by atoms with Gasteiger partial charge in [-0.05, 0) is 43.5 Å². The quantitative estimate of drug-likeness (QED) is 0.768. The van der Waals surface area contributed by atoms with Crippen LogP contribution in [-0.2, 0) is 4.74 Å². The topological polar surface area (TPSA) is 62.2 Å². The average Bonchev–Trinajstić information content (AvgIpc) is 2.94. The van der Waals surface area contributed by atoms with E-state index in [2.05, 4.69) is 4.90 Å². The Morgan fingerprint density at radius 1 is 1.15 bits per heavy atom. The lowest BCUT2D eigenvalue weighted by Crippen LogP contribution is -2.52. The molecule has 2 N–H and O–H groups in total.